The Morgan fingerprint density at radius 1 is 1.26 bits per heavy atom. The zero-order chi connectivity index (χ0) is 16.1. The van der Waals surface area contributed by atoms with Gasteiger partial charge < -0.3 is 5.32 Å². The summed E-state index contributed by atoms with van der Waals surface area (Å²) in [7, 11) is 0. The van der Waals surface area contributed by atoms with Crippen molar-refractivity contribution in [3.8, 4) is 11.3 Å². The number of nitrogens with zero attached hydrogens (tertiary/aromatic N) is 3. The summed E-state index contributed by atoms with van der Waals surface area (Å²) in [5, 5.41) is 7.59. The summed E-state index contributed by atoms with van der Waals surface area (Å²) < 4.78 is 1.99. The summed E-state index contributed by atoms with van der Waals surface area (Å²) in [4.78, 5) is 16.4. The third kappa shape index (κ3) is 2.11. The Kier molecular flexibility index (Phi) is 2.98. The fourth-order valence-corrected chi connectivity index (χ4v) is 3.29. The Labute approximate surface area is 134 Å². The number of anilines is 1. The van der Waals surface area contributed by atoms with Crippen molar-refractivity contribution in [2.24, 2.45) is 0 Å². The molecule has 0 saturated heterocycles. The van der Waals surface area contributed by atoms with E-state index in [1.54, 1.807) is 0 Å². The molecular formula is C18H18N4O. The minimum absolute atomic E-state index is 0.0584. The lowest BCUT2D eigenvalue weighted by atomic mass is 10.0. The van der Waals surface area contributed by atoms with Gasteiger partial charge in [-0.05, 0) is 56.2 Å². The normalized spacial score (nSPS) is 13.4. The second kappa shape index (κ2) is 4.91. The van der Waals surface area contributed by atoms with Crippen LogP contribution in [0.3, 0.4) is 0 Å². The number of pyridine rings is 1. The number of amides is 1. The molecule has 3 aromatic rings. The average Bonchev–Trinajstić information content (AvgIpc) is 3.06. The number of fused-ring (bicyclic) bond motifs is 2. The SMILES string of the molecule is CCn1nc2ccc(C)nc2c1-c1cc(C)c2c(c1)CC(=O)N2. The number of hydrogen-bond donors (Lipinski definition) is 1. The number of nitrogens with one attached hydrogen (secondary N) is 1. The van der Waals surface area contributed by atoms with Gasteiger partial charge in [-0.15, -0.1) is 0 Å². The molecule has 1 N–H and O–H groups in total. The van der Waals surface area contributed by atoms with Crippen molar-refractivity contribution < 1.29 is 4.79 Å². The van der Waals surface area contributed by atoms with Gasteiger partial charge in [-0.1, -0.05) is 0 Å². The van der Waals surface area contributed by atoms with E-state index in [1.165, 1.54) is 0 Å². The van der Waals surface area contributed by atoms with E-state index >= 15 is 0 Å². The maximum atomic E-state index is 11.7. The summed E-state index contributed by atoms with van der Waals surface area (Å²) in [6.07, 6.45) is 0.439. The highest BCUT2D eigenvalue weighted by Gasteiger charge is 2.22. The van der Waals surface area contributed by atoms with Crippen molar-refractivity contribution in [2.75, 3.05) is 5.32 Å². The van der Waals surface area contributed by atoms with Crippen molar-refractivity contribution in [2.45, 2.75) is 33.7 Å². The largest absolute Gasteiger partial charge is 0.325 e. The molecule has 1 aliphatic heterocycles. The van der Waals surface area contributed by atoms with Crippen LogP contribution in [0.25, 0.3) is 22.3 Å². The molecule has 4 rings (SSSR count). The smallest absolute Gasteiger partial charge is 0.228 e. The molecule has 1 aromatic carbocycles. The van der Waals surface area contributed by atoms with Crippen LogP contribution in [0.2, 0.25) is 0 Å². The van der Waals surface area contributed by atoms with E-state index in [4.69, 9.17) is 4.98 Å². The van der Waals surface area contributed by atoms with Crippen LogP contribution in [0, 0.1) is 13.8 Å². The van der Waals surface area contributed by atoms with Crippen molar-refractivity contribution in [1.29, 1.82) is 0 Å². The third-order valence-electron chi connectivity index (χ3n) is 4.33. The molecule has 0 aliphatic carbocycles. The lowest BCUT2D eigenvalue weighted by Gasteiger charge is -2.10. The minimum Gasteiger partial charge on any atom is -0.325 e. The molecule has 1 amide bonds. The monoisotopic (exact) mass is 306 g/mol. The van der Waals surface area contributed by atoms with Gasteiger partial charge in [0.25, 0.3) is 0 Å². The molecule has 0 unspecified atom stereocenters. The van der Waals surface area contributed by atoms with Crippen LogP contribution in [0.5, 0.6) is 0 Å². The molecule has 0 fully saturated rings. The van der Waals surface area contributed by atoms with E-state index in [-0.39, 0.29) is 5.91 Å². The van der Waals surface area contributed by atoms with E-state index in [2.05, 4.69) is 29.5 Å². The third-order valence-corrected chi connectivity index (χ3v) is 4.33. The van der Waals surface area contributed by atoms with Gasteiger partial charge in [-0.2, -0.15) is 5.10 Å². The first kappa shape index (κ1) is 13.9. The standard InChI is InChI=1S/C18H18N4O/c1-4-22-18(17-14(21-22)6-5-11(3)19-17)13-7-10(2)16-12(8-13)9-15(23)20-16/h5-8H,4,9H2,1-3H3,(H,20,23). The Morgan fingerprint density at radius 3 is 2.87 bits per heavy atom. The summed E-state index contributed by atoms with van der Waals surface area (Å²) >= 11 is 0. The number of aryl methyl sites for hydroxylation is 3. The van der Waals surface area contributed by atoms with Crippen molar-refractivity contribution in [1.82, 2.24) is 14.8 Å². The lowest BCUT2D eigenvalue weighted by Crippen LogP contribution is -2.04. The van der Waals surface area contributed by atoms with Crippen molar-refractivity contribution in [3.63, 3.8) is 0 Å². The van der Waals surface area contributed by atoms with Crippen LogP contribution >= 0.6 is 0 Å². The molecule has 5 heteroatoms. The molecule has 0 spiro atoms. The quantitative estimate of drug-likeness (QED) is 0.790. The summed E-state index contributed by atoms with van der Waals surface area (Å²) in [5.74, 6) is 0.0584. The van der Waals surface area contributed by atoms with Gasteiger partial charge in [-0.25, -0.2) is 4.98 Å². The number of benzene rings is 1. The van der Waals surface area contributed by atoms with Gasteiger partial charge >= 0.3 is 0 Å². The highest BCUT2D eigenvalue weighted by atomic mass is 16.1. The fourth-order valence-electron chi connectivity index (χ4n) is 3.29. The number of rotatable bonds is 2. The number of aromatic nitrogens is 3. The van der Waals surface area contributed by atoms with E-state index in [9.17, 15) is 4.79 Å². The van der Waals surface area contributed by atoms with Gasteiger partial charge in [0, 0.05) is 23.5 Å². The zero-order valence-electron chi connectivity index (χ0n) is 13.5. The van der Waals surface area contributed by atoms with Gasteiger partial charge in [0.15, 0.2) is 0 Å². The van der Waals surface area contributed by atoms with E-state index < -0.39 is 0 Å². The fraction of sp³-hybridized carbons (Fsp3) is 0.278. The predicted molar refractivity (Wildman–Crippen MR) is 90.4 cm³/mol. The van der Waals surface area contributed by atoms with Crippen LogP contribution in [0.15, 0.2) is 24.3 Å². The molecule has 5 nitrogen and oxygen atoms in total. The first-order valence-electron chi connectivity index (χ1n) is 7.84. The van der Waals surface area contributed by atoms with Gasteiger partial charge in [0.2, 0.25) is 5.91 Å². The first-order chi connectivity index (χ1) is 11.1. The molecule has 116 valence electrons. The van der Waals surface area contributed by atoms with Gasteiger partial charge in [0.05, 0.1) is 12.1 Å². The second-order valence-corrected chi connectivity index (χ2v) is 6.04. The Bertz CT molecular complexity index is 955. The molecule has 0 saturated carbocycles. The number of hydrogen-bond acceptors (Lipinski definition) is 3. The maximum absolute atomic E-state index is 11.7. The van der Waals surface area contributed by atoms with E-state index in [0.29, 0.717) is 6.42 Å². The molecule has 3 heterocycles. The molecule has 2 aromatic heterocycles. The summed E-state index contributed by atoms with van der Waals surface area (Å²) in [6, 6.07) is 8.19. The molecule has 0 bridgehead atoms. The van der Waals surface area contributed by atoms with E-state index in [1.807, 2.05) is 30.7 Å². The molecule has 0 radical (unpaired) electrons. The van der Waals surface area contributed by atoms with Crippen molar-refractivity contribution >= 4 is 22.6 Å². The zero-order valence-corrected chi connectivity index (χ0v) is 13.5. The minimum atomic E-state index is 0.0584. The van der Waals surface area contributed by atoms with Gasteiger partial charge in [0.1, 0.15) is 11.0 Å². The Hall–Kier alpha value is -2.69. The summed E-state index contributed by atoms with van der Waals surface area (Å²) in [5.41, 5.74) is 7.97. The number of carbonyl (C=O) groups excluding carboxylic acids is 1. The van der Waals surface area contributed by atoms with Gasteiger partial charge in [-0.3, -0.25) is 9.48 Å². The highest BCUT2D eigenvalue weighted by Crippen LogP contribution is 2.35. The van der Waals surface area contributed by atoms with Crippen LogP contribution in [0.1, 0.15) is 23.7 Å². The topological polar surface area (TPSA) is 59.8 Å². The maximum Gasteiger partial charge on any atom is 0.228 e. The Balaban J connectivity index is 1.99. The molecule has 0 atom stereocenters. The van der Waals surface area contributed by atoms with E-state index in [0.717, 1.165) is 51.3 Å². The van der Waals surface area contributed by atoms with Crippen LogP contribution in [-0.2, 0) is 17.8 Å². The predicted octanol–water partition coefficient (Wildman–Crippen LogP) is 3.23. The Morgan fingerprint density at radius 2 is 2.09 bits per heavy atom. The number of carbonyl (C=O) groups is 1. The second-order valence-electron chi connectivity index (χ2n) is 6.04. The van der Waals surface area contributed by atoms with Crippen LogP contribution < -0.4 is 5.32 Å². The van der Waals surface area contributed by atoms with Crippen molar-refractivity contribution in [3.05, 3.63) is 41.1 Å². The molecule has 1 aliphatic rings. The first-order valence-corrected chi connectivity index (χ1v) is 7.84. The molecular weight excluding hydrogens is 288 g/mol. The summed E-state index contributed by atoms with van der Waals surface area (Å²) in [6.45, 7) is 6.87. The lowest BCUT2D eigenvalue weighted by molar-refractivity contribution is -0.115. The van der Waals surface area contributed by atoms with Crippen LogP contribution in [0.4, 0.5) is 5.69 Å². The average molecular weight is 306 g/mol. The highest BCUT2D eigenvalue weighted by molar-refractivity contribution is 6.01. The molecule has 23 heavy (non-hydrogen) atoms. The van der Waals surface area contributed by atoms with Crippen LogP contribution in [-0.4, -0.2) is 20.7 Å².